The number of ketones is 1. The molecule has 0 radical (unpaired) electrons. The predicted octanol–water partition coefficient (Wildman–Crippen LogP) is 2.61. The van der Waals surface area contributed by atoms with Crippen molar-refractivity contribution in [3.8, 4) is 0 Å². The first-order chi connectivity index (χ1) is 8.38. The second-order valence-electron chi connectivity index (χ2n) is 6.63. The molecule has 1 aliphatic heterocycles. The molecule has 0 spiro atoms. The average Bonchev–Trinajstić information content (AvgIpc) is 2.70. The number of likely N-dealkylation sites (tertiary alicyclic amines) is 1. The van der Waals surface area contributed by atoms with Crippen LogP contribution in [0.5, 0.6) is 0 Å². The summed E-state index contributed by atoms with van der Waals surface area (Å²) < 4.78 is 5.35. The van der Waals surface area contributed by atoms with E-state index in [0.717, 1.165) is 19.3 Å². The van der Waals surface area contributed by atoms with Gasteiger partial charge < -0.3 is 9.64 Å². The van der Waals surface area contributed by atoms with E-state index >= 15 is 0 Å². The molecule has 2 rings (SSSR count). The van der Waals surface area contributed by atoms with E-state index in [2.05, 4.69) is 0 Å². The summed E-state index contributed by atoms with van der Waals surface area (Å²) >= 11 is 0. The van der Waals surface area contributed by atoms with Crippen LogP contribution in [0, 0.1) is 11.3 Å². The van der Waals surface area contributed by atoms with Crippen LogP contribution in [0.25, 0.3) is 0 Å². The van der Waals surface area contributed by atoms with E-state index in [-0.39, 0.29) is 23.5 Å². The Labute approximate surface area is 109 Å². The van der Waals surface area contributed by atoms with Crippen LogP contribution in [0.3, 0.4) is 0 Å². The van der Waals surface area contributed by atoms with Gasteiger partial charge in [0, 0.05) is 24.9 Å². The Balaban J connectivity index is 1.93. The largest absolute Gasteiger partial charge is 0.449 e. The van der Waals surface area contributed by atoms with Crippen molar-refractivity contribution in [3.63, 3.8) is 0 Å². The van der Waals surface area contributed by atoms with Gasteiger partial charge in [-0.3, -0.25) is 4.79 Å². The summed E-state index contributed by atoms with van der Waals surface area (Å²) in [6.07, 6.45) is 3.11. The number of ether oxygens (including phenoxy) is 1. The number of nitrogens with zero attached hydrogens (tertiary/aromatic N) is 1. The zero-order valence-corrected chi connectivity index (χ0v) is 11.6. The molecule has 0 aromatic heterocycles. The SMILES string of the molecule is CC(C)(C)COC(=O)N1CC[C@H]2C(=O)CCC[C@H]21. The molecular weight excluding hydrogens is 230 g/mol. The molecule has 1 heterocycles. The molecule has 18 heavy (non-hydrogen) atoms. The standard InChI is InChI=1S/C14H23NO3/c1-14(2,3)9-18-13(17)15-8-7-10-11(15)5-4-6-12(10)16/h10-11H,4-9H2,1-3H3/t10-,11-/m1/s1. The van der Waals surface area contributed by atoms with Crippen molar-refractivity contribution < 1.29 is 14.3 Å². The summed E-state index contributed by atoms with van der Waals surface area (Å²) in [4.78, 5) is 25.6. The summed E-state index contributed by atoms with van der Waals surface area (Å²) in [6.45, 7) is 7.21. The Kier molecular flexibility index (Phi) is 3.64. The van der Waals surface area contributed by atoms with E-state index in [4.69, 9.17) is 4.74 Å². The summed E-state index contributed by atoms with van der Waals surface area (Å²) in [5.74, 6) is 0.401. The number of hydrogen-bond acceptors (Lipinski definition) is 3. The van der Waals surface area contributed by atoms with E-state index in [1.807, 2.05) is 20.8 Å². The lowest BCUT2D eigenvalue weighted by atomic mass is 9.84. The molecule has 4 nitrogen and oxygen atoms in total. The third-order valence-electron chi connectivity index (χ3n) is 3.75. The van der Waals surface area contributed by atoms with E-state index < -0.39 is 0 Å². The second-order valence-corrected chi connectivity index (χ2v) is 6.63. The Hall–Kier alpha value is -1.06. The normalized spacial score (nSPS) is 28.2. The summed E-state index contributed by atoms with van der Waals surface area (Å²) in [7, 11) is 0. The Morgan fingerprint density at radius 2 is 2.11 bits per heavy atom. The van der Waals surface area contributed by atoms with E-state index in [1.165, 1.54) is 0 Å². The first kappa shape index (κ1) is 13.4. The number of amides is 1. The van der Waals surface area contributed by atoms with Gasteiger partial charge in [0.1, 0.15) is 5.78 Å². The van der Waals surface area contributed by atoms with Gasteiger partial charge in [0.2, 0.25) is 0 Å². The minimum atomic E-state index is -0.243. The van der Waals surface area contributed by atoms with Gasteiger partial charge in [0.05, 0.1) is 6.61 Å². The maximum atomic E-state index is 12.0. The van der Waals surface area contributed by atoms with Crippen molar-refractivity contribution in [2.75, 3.05) is 13.2 Å². The van der Waals surface area contributed by atoms with Gasteiger partial charge in [0.25, 0.3) is 0 Å². The zero-order chi connectivity index (χ0) is 13.3. The molecule has 1 aliphatic carbocycles. The van der Waals surface area contributed by atoms with Gasteiger partial charge in [-0.2, -0.15) is 0 Å². The van der Waals surface area contributed by atoms with Crippen LogP contribution in [-0.2, 0) is 9.53 Å². The van der Waals surface area contributed by atoms with Crippen LogP contribution >= 0.6 is 0 Å². The molecule has 102 valence electrons. The quantitative estimate of drug-likeness (QED) is 0.721. The van der Waals surface area contributed by atoms with Crippen LogP contribution < -0.4 is 0 Å². The lowest BCUT2D eigenvalue weighted by Crippen LogP contribution is -2.42. The number of rotatable bonds is 1. The maximum Gasteiger partial charge on any atom is 0.410 e. The van der Waals surface area contributed by atoms with Crippen molar-refractivity contribution in [2.24, 2.45) is 11.3 Å². The first-order valence-corrected chi connectivity index (χ1v) is 6.84. The lowest BCUT2D eigenvalue weighted by Gasteiger charge is -2.31. The van der Waals surface area contributed by atoms with Crippen LogP contribution in [0.2, 0.25) is 0 Å². The monoisotopic (exact) mass is 253 g/mol. The maximum absolute atomic E-state index is 12.0. The summed E-state index contributed by atoms with van der Waals surface area (Å²) in [5, 5.41) is 0. The molecular formula is C14H23NO3. The molecule has 0 aromatic rings. The smallest absolute Gasteiger partial charge is 0.410 e. The van der Waals surface area contributed by atoms with Crippen LogP contribution in [0.1, 0.15) is 46.5 Å². The fourth-order valence-electron chi connectivity index (χ4n) is 2.84. The highest BCUT2D eigenvalue weighted by Gasteiger charge is 2.43. The van der Waals surface area contributed by atoms with Crippen LogP contribution in [0.4, 0.5) is 4.79 Å². The third-order valence-corrected chi connectivity index (χ3v) is 3.75. The van der Waals surface area contributed by atoms with Crippen LogP contribution in [-0.4, -0.2) is 36.0 Å². The highest BCUT2D eigenvalue weighted by atomic mass is 16.6. The number of fused-ring (bicyclic) bond motifs is 1. The minimum Gasteiger partial charge on any atom is -0.449 e. The fourth-order valence-corrected chi connectivity index (χ4v) is 2.84. The second kappa shape index (κ2) is 4.90. The van der Waals surface area contributed by atoms with Gasteiger partial charge in [-0.15, -0.1) is 0 Å². The van der Waals surface area contributed by atoms with Gasteiger partial charge in [-0.25, -0.2) is 4.79 Å². The lowest BCUT2D eigenvalue weighted by molar-refractivity contribution is -0.125. The number of Topliss-reactive ketones (excluding diaryl/α,β-unsaturated/α-hetero) is 1. The Bertz CT molecular complexity index is 345. The molecule has 2 atom stereocenters. The number of carbonyl (C=O) groups excluding carboxylic acids is 2. The molecule has 1 amide bonds. The summed E-state index contributed by atoms with van der Waals surface area (Å²) in [5.41, 5.74) is -0.0167. The predicted molar refractivity (Wildman–Crippen MR) is 68.3 cm³/mol. The van der Waals surface area contributed by atoms with Crippen molar-refractivity contribution in [3.05, 3.63) is 0 Å². The van der Waals surface area contributed by atoms with Crippen molar-refractivity contribution in [2.45, 2.75) is 52.5 Å². The summed E-state index contributed by atoms with van der Waals surface area (Å²) in [6, 6.07) is 0.0960. The van der Waals surface area contributed by atoms with Gasteiger partial charge in [0.15, 0.2) is 0 Å². The van der Waals surface area contributed by atoms with Gasteiger partial charge in [-0.05, 0) is 24.7 Å². The average molecular weight is 253 g/mol. The molecule has 1 saturated carbocycles. The number of hydrogen-bond donors (Lipinski definition) is 0. The Morgan fingerprint density at radius 3 is 2.78 bits per heavy atom. The van der Waals surface area contributed by atoms with Crippen molar-refractivity contribution >= 4 is 11.9 Å². The van der Waals surface area contributed by atoms with Crippen molar-refractivity contribution in [1.29, 1.82) is 0 Å². The number of carbonyl (C=O) groups is 2. The van der Waals surface area contributed by atoms with E-state index in [1.54, 1.807) is 4.90 Å². The molecule has 0 N–H and O–H groups in total. The zero-order valence-electron chi connectivity index (χ0n) is 11.6. The van der Waals surface area contributed by atoms with Gasteiger partial charge >= 0.3 is 6.09 Å². The Morgan fingerprint density at radius 1 is 1.39 bits per heavy atom. The van der Waals surface area contributed by atoms with Crippen LogP contribution in [0.15, 0.2) is 0 Å². The first-order valence-electron chi connectivity index (χ1n) is 6.84. The molecule has 0 bridgehead atoms. The fraction of sp³-hybridized carbons (Fsp3) is 0.857. The molecule has 1 saturated heterocycles. The molecule has 2 fully saturated rings. The molecule has 0 aromatic carbocycles. The topological polar surface area (TPSA) is 46.6 Å². The highest BCUT2D eigenvalue weighted by Crippen LogP contribution is 2.34. The molecule has 4 heteroatoms. The minimum absolute atomic E-state index is 0.0167. The molecule has 0 unspecified atom stereocenters. The van der Waals surface area contributed by atoms with E-state index in [0.29, 0.717) is 25.4 Å². The highest BCUT2D eigenvalue weighted by molar-refractivity contribution is 5.84. The third kappa shape index (κ3) is 2.85. The molecule has 2 aliphatic rings. The van der Waals surface area contributed by atoms with E-state index in [9.17, 15) is 9.59 Å². The van der Waals surface area contributed by atoms with Crippen molar-refractivity contribution in [1.82, 2.24) is 4.90 Å². The van der Waals surface area contributed by atoms with Gasteiger partial charge in [-0.1, -0.05) is 20.8 Å².